The van der Waals surface area contributed by atoms with Gasteiger partial charge in [-0.15, -0.1) is 10.2 Å². The highest BCUT2D eigenvalue weighted by molar-refractivity contribution is 7.99. The van der Waals surface area contributed by atoms with Crippen LogP contribution in [0.15, 0.2) is 35.7 Å². The van der Waals surface area contributed by atoms with Gasteiger partial charge in [-0.05, 0) is 26.0 Å². The lowest BCUT2D eigenvalue weighted by molar-refractivity contribution is -0.901. The smallest absolute Gasteiger partial charge is 0.234 e. The van der Waals surface area contributed by atoms with E-state index in [2.05, 4.69) is 41.5 Å². The molecular weight excluding hydrogens is 334 g/mol. The lowest BCUT2D eigenvalue weighted by Gasteiger charge is -2.12. The highest BCUT2D eigenvalue weighted by Crippen LogP contribution is 2.19. The molecule has 0 unspecified atom stereocenters. The van der Waals surface area contributed by atoms with Crippen LogP contribution in [-0.4, -0.2) is 39.5 Å². The van der Waals surface area contributed by atoms with E-state index in [1.54, 1.807) is 11.2 Å². The van der Waals surface area contributed by atoms with E-state index in [0.29, 0.717) is 5.75 Å². The topological polar surface area (TPSA) is 64.2 Å². The van der Waals surface area contributed by atoms with Crippen LogP contribution in [0.1, 0.15) is 38.3 Å². The third kappa shape index (κ3) is 5.06. The summed E-state index contributed by atoms with van der Waals surface area (Å²) >= 11 is 1.41. The Morgan fingerprint density at radius 1 is 1.28 bits per heavy atom. The quantitative estimate of drug-likeness (QED) is 0.739. The van der Waals surface area contributed by atoms with Crippen LogP contribution >= 0.6 is 11.8 Å². The summed E-state index contributed by atoms with van der Waals surface area (Å²) in [5.41, 5.74) is 2.17. The predicted molar refractivity (Wildman–Crippen MR) is 99.8 cm³/mol. The normalized spacial score (nSPS) is 15.0. The van der Waals surface area contributed by atoms with Crippen LogP contribution in [0.2, 0.25) is 0 Å². The van der Waals surface area contributed by atoms with Gasteiger partial charge in [-0.2, -0.15) is 0 Å². The van der Waals surface area contributed by atoms with E-state index in [9.17, 15) is 4.79 Å². The number of amides is 1. The van der Waals surface area contributed by atoms with Crippen molar-refractivity contribution in [3.05, 3.63) is 36.2 Å². The number of rotatable bonds is 7. The number of hydrogen-bond donors (Lipinski definition) is 2. The zero-order chi connectivity index (χ0) is 17.6. The van der Waals surface area contributed by atoms with E-state index >= 15 is 0 Å². The summed E-state index contributed by atoms with van der Waals surface area (Å²) in [5.74, 6) is 0.298. The molecule has 2 N–H and O–H groups in total. The number of thioether (sulfide) groups is 1. The summed E-state index contributed by atoms with van der Waals surface area (Å²) in [4.78, 5) is 13.8. The Labute approximate surface area is 153 Å². The van der Waals surface area contributed by atoms with E-state index in [-0.39, 0.29) is 11.9 Å². The van der Waals surface area contributed by atoms with E-state index in [1.165, 1.54) is 43.3 Å². The van der Waals surface area contributed by atoms with Crippen LogP contribution < -0.4 is 10.2 Å². The summed E-state index contributed by atoms with van der Waals surface area (Å²) in [7, 11) is 0. The van der Waals surface area contributed by atoms with Gasteiger partial charge in [0.15, 0.2) is 5.16 Å². The number of aromatic nitrogens is 3. The number of benzene rings is 1. The molecule has 1 amide bonds. The van der Waals surface area contributed by atoms with E-state index in [0.717, 1.165) is 17.4 Å². The average molecular weight is 361 g/mol. The van der Waals surface area contributed by atoms with Gasteiger partial charge in [0.25, 0.3) is 0 Å². The molecule has 1 fully saturated rings. The van der Waals surface area contributed by atoms with E-state index in [1.807, 2.05) is 16.7 Å². The second-order valence-electron chi connectivity index (χ2n) is 6.78. The fourth-order valence-electron chi connectivity index (χ4n) is 3.06. The van der Waals surface area contributed by atoms with Gasteiger partial charge in [-0.25, -0.2) is 0 Å². The Morgan fingerprint density at radius 2 is 2.00 bits per heavy atom. The van der Waals surface area contributed by atoms with Crippen molar-refractivity contribution in [2.45, 2.75) is 44.4 Å². The van der Waals surface area contributed by atoms with Crippen molar-refractivity contribution in [3.8, 4) is 0 Å². The molecule has 1 aliphatic rings. The maximum Gasteiger partial charge on any atom is 0.234 e. The third-order valence-corrected chi connectivity index (χ3v) is 5.39. The highest BCUT2D eigenvalue weighted by atomic mass is 32.2. The number of likely N-dealkylation sites (tertiary alicyclic amines) is 1. The van der Waals surface area contributed by atoms with Gasteiger partial charge in [-0.3, -0.25) is 4.79 Å². The van der Waals surface area contributed by atoms with E-state index in [4.69, 9.17) is 0 Å². The second kappa shape index (κ2) is 8.49. The van der Waals surface area contributed by atoms with Crippen molar-refractivity contribution in [1.82, 2.24) is 14.8 Å². The first-order valence-electron chi connectivity index (χ1n) is 8.86. The molecule has 7 heteroatoms. The van der Waals surface area contributed by atoms with Crippen molar-refractivity contribution in [3.63, 3.8) is 0 Å². The largest absolute Gasteiger partial charge is 0.331 e. The Hall–Kier alpha value is -1.86. The standard InChI is InChI=1S/C18H25N5OS/c1-14(2)23-13-19-21-18(23)25-12-17(24)20-16-7-5-15(6-8-16)11-22-9-3-4-10-22/h5-8,13-14H,3-4,9-12H2,1-2H3,(H,20,24)/p+1. The van der Waals surface area contributed by atoms with Gasteiger partial charge in [0.2, 0.25) is 5.91 Å². The summed E-state index contributed by atoms with van der Waals surface area (Å²) in [6.07, 6.45) is 4.38. The zero-order valence-electron chi connectivity index (χ0n) is 14.9. The third-order valence-electron chi connectivity index (χ3n) is 4.43. The van der Waals surface area contributed by atoms with Gasteiger partial charge in [0.1, 0.15) is 12.9 Å². The molecule has 1 saturated heterocycles. The first-order valence-corrected chi connectivity index (χ1v) is 9.85. The Morgan fingerprint density at radius 3 is 2.68 bits per heavy atom. The van der Waals surface area contributed by atoms with Gasteiger partial charge in [0, 0.05) is 30.1 Å². The lowest BCUT2D eigenvalue weighted by Crippen LogP contribution is -3.08. The molecule has 6 nitrogen and oxygen atoms in total. The predicted octanol–water partition coefficient (Wildman–Crippen LogP) is 1.77. The van der Waals surface area contributed by atoms with Crippen molar-refractivity contribution >= 4 is 23.4 Å². The highest BCUT2D eigenvalue weighted by Gasteiger charge is 2.15. The first kappa shape index (κ1) is 17.9. The van der Waals surface area contributed by atoms with Crippen LogP contribution in [-0.2, 0) is 11.3 Å². The number of quaternary nitrogens is 1. The molecule has 3 rings (SSSR count). The maximum atomic E-state index is 12.2. The second-order valence-corrected chi connectivity index (χ2v) is 7.72. The minimum atomic E-state index is -0.0266. The summed E-state index contributed by atoms with van der Waals surface area (Å²) < 4.78 is 1.97. The summed E-state index contributed by atoms with van der Waals surface area (Å²) in [6.45, 7) is 7.76. The minimum absolute atomic E-state index is 0.0266. The van der Waals surface area contributed by atoms with Crippen molar-refractivity contribution in [2.24, 2.45) is 0 Å². The van der Waals surface area contributed by atoms with Crippen LogP contribution in [0.3, 0.4) is 0 Å². The van der Waals surface area contributed by atoms with Crippen LogP contribution in [0.5, 0.6) is 0 Å². The Balaban J connectivity index is 1.48. The SMILES string of the molecule is CC(C)n1cnnc1SCC(=O)Nc1ccc(C[NH+]2CCCC2)cc1. The molecular formula is C18H26N5OS+. The van der Waals surface area contributed by atoms with Crippen molar-refractivity contribution in [1.29, 1.82) is 0 Å². The zero-order valence-corrected chi connectivity index (χ0v) is 15.7. The Kier molecular flexibility index (Phi) is 6.09. The van der Waals surface area contributed by atoms with Gasteiger partial charge >= 0.3 is 0 Å². The maximum absolute atomic E-state index is 12.2. The molecule has 0 saturated carbocycles. The molecule has 0 aliphatic carbocycles. The number of carbonyl (C=O) groups excluding carboxylic acids is 1. The number of carbonyl (C=O) groups is 1. The molecule has 1 aromatic carbocycles. The summed E-state index contributed by atoms with van der Waals surface area (Å²) in [5, 5.41) is 11.7. The van der Waals surface area contributed by atoms with Gasteiger partial charge < -0.3 is 14.8 Å². The van der Waals surface area contributed by atoms with Crippen molar-refractivity contribution in [2.75, 3.05) is 24.2 Å². The number of hydrogen-bond acceptors (Lipinski definition) is 4. The molecule has 0 spiro atoms. The number of nitrogens with zero attached hydrogens (tertiary/aromatic N) is 3. The lowest BCUT2D eigenvalue weighted by atomic mass is 10.2. The summed E-state index contributed by atoms with van der Waals surface area (Å²) in [6, 6.07) is 8.49. The Bertz CT molecular complexity index is 692. The molecule has 0 radical (unpaired) electrons. The van der Waals surface area contributed by atoms with E-state index < -0.39 is 0 Å². The van der Waals surface area contributed by atoms with Crippen LogP contribution in [0.25, 0.3) is 0 Å². The fourth-order valence-corrected chi connectivity index (χ4v) is 3.91. The monoisotopic (exact) mass is 360 g/mol. The molecule has 134 valence electrons. The molecule has 2 heterocycles. The molecule has 0 bridgehead atoms. The van der Waals surface area contributed by atoms with Gasteiger partial charge in [0.05, 0.1) is 18.8 Å². The molecule has 25 heavy (non-hydrogen) atoms. The molecule has 2 aromatic rings. The van der Waals surface area contributed by atoms with Crippen molar-refractivity contribution < 1.29 is 9.69 Å². The first-order chi connectivity index (χ1) is 12.1. The minimum Gasteiger partial charge on any atom is -0.331 e. The van der Waals surface area contributed by atoms with Crippen LogP contribution in [0, 0.1) is 0 Å². The molecule has 0 atom stereocenters. The van der Waals surface area contributed by atoms with Crippen LogP contribution in [0.4, 0.5) is 5.69 Å². The average Bonchev–Trinajstić information content (AvgIpc) is 3.26. The van der Waals surface area contributed by atoms with Gasteiger partial charge in [-0.1, -0.05) is 23.9 Å². The number of nitrogens with one attached hydrogen (secondary N) is 2. The number of anilines is 1. The fraction of sp³-hybridized carbons (Fsp3) is 0.500. The molecule has 1 aliphatic heterocycles. The molecule has 1 aromatic heterocycles.